The number of hydrogen-bond acceptors (Lipinski definition) is 3. The van der Waals surface area contributed by atoms with Gasteiger partial charge in [0.2, 0.25) is 0 Å². The first-order valence-corrected chi connectivity index (χ1v) is 10.6. The molecule has 0 N–H and O–H groups in total. The first kappa shape index (κ1) is 21.2. The van der Waals surface area contributed by atoms with E-state index in [-0.39, 0.29) is 0 Å². The highest BCUT2D eigenvalue weighted by Gasteiger charge is 2.11. The molecule has 4 heteroatoms. The molecule has 0 saturated carbocycles. The van der Waals surface area contributed by atoms with Gasteiger partial charge in [0.1, 0.15) is 5.82 Å². The first-order chi connectivity index (χ1) is 13.3. The average molecular weight is 367 g/mol. The molecule has 0 amide bonds. The Labute approximate surface area is 164 Å². The normalized spacial score (nSPS) is 10.6. The van der Waals surface area contributed by atoms with E-state index in [0.717, 1.165) is 35.6 Å². The van der Waals surface area contributed by atoms with Crippen LogP contribution < -0.4 is 0 Å². The molecule has 2 aromatic rings. The second kappa shape index (κ2) is 12.3. The molecule has 27 heavy (non-hydrogen) atoms. The number of rotatable bonds is 11. The van der Waals surface area contributed by atoms with E-state index < -0.39 is 0 Å². The minimum atomic E-state index is 0.873. The Kier molecular flexibility index (Phi) is 9.62. The summed E-state index contributed by atoms with van der Waals surface area (Å²) in [5, 5.41) is 8.79. The topological polar surface area (TPSA) is 43.6 Å². The first-order valence-electron chi connectivity index (χ1n) is 10.6. The van der Waals surface area contributed by atoms with E-state index >= 15 is 0 Å². The van der Waals surface area contributed by atoms with E-state index in [2.05, 4.69) is 51.5 Å². The maximum absolute atomic E-state index is 4.40. The monoisotopic (exact) mass is 366 g/mol. The average Bonchev–Trinajstić information content (AvgIpc) is 3.05. The largest absolute Gasteiger partial charge is 0.314 e. The fourth-order valence-corrected chi connectivity index (χ4v) is 3.15. The summed E-state index contributed by atoms with van der Waals surface area (Å²) in [6.45, 7) is 4.47. The summed E-state index contributed by atoms with van der Waals surface area (Å²) in [6, 6.07) is 2.07. The van der Waals surface area contributed by atoms with Crippen molar-refractivity contribution >= 4 is 0 Å². The summed E-state index contributed by atoms with van der Waals surface area (Å²) in [4.78, 5) is 4.35. The summed E-state index contributed by atoms with van der Waals surface area (Å²) in [6.07, 6.45) is 17.0. The number of pyridine rings is 1. The summed E-state index contributed by atoms with van der Waals surface area (Å²) in [5.41, 5.74) is 1.94. The number of unbranched alkanes of at least 4 members (excludes halogenated alkanes) is 8. The Morgan fingerprint density at radius 1 is 0.889 bits per heavy atom. The maximum atomic E-state index is 4.40. The Morgan fingerprint density at radius 2 is 1.63 bits per heavy atom. The molecule has 0 saturated heterocycles. The van der Waals surface area contributed by atoms with Crippen LogP contribution >= 0.6 is 0 Å². The van der Waals surface area contributed by atoms with Crippen LogP contribution in [0.5, 0.6) is 0 Å². The van der Waals surface area contributed by atoms with Gasteiger partial charge in [-0.2, -0.15) is 0 Å². The second-order valence-corrected chi connectivity index (χ2v) is 7.24. The minimum absolute atomic E-state index is 0.873. The lowest BCUT2D eigenvalue weighted by Gasteiger charge is -2.04. The molecule has 0 aromatic carbocycles. The maximum Gasteiger partial charge on any atom is 0.165 e. The van der Waals surface area contributed by atoms with Gasteiger partial charge in [-0.25, -0.2) is 0 Å². The number of nitrogens with zero attached hydrogens (tertiary/aromatic N) is 4. The molecule has 0 fully saturated rings. The Hall–Kier alpha value is -2.15. The van der Waals surface area contributed by atoms with Crippen molar-refractivity contribution in [2.75, 3.05) is 0 Å². The summed E-state index contributed by atoms with van der Waals surface area (Å²) >= 11 is 0. The van der Waals surface area contributed by atoms with Crippen LogP contribution in [0.3, 0.4) is 0 Å². The number of aromatic nitrogens is 4. The summed E-state index contributed by atoms with van der Waals surface area (Å²) in [5.74, 6) is 8.44. The molecule has 4 nitrogen and oxygen atoms in total. The van der Waals surface area contributed by atoms with Crippen molar-refractivity contribution in [1.29, 1.82) is 0 Å². The lowest BCUT2D eigenvalue weighted by atomic mass is 10.1. The van der Waals surface area contributed by atoms with Crippen LogP contribution in [0.25, 0.3) is 11.4 Å². The molecule has 2 rings (SSSR count). The van der Waals surface area contributed by atoms with Crippen LogP contribution in [-0.2, 0) is 13.5 Å². The smallest absolute Gasteiger partial charge is 0.165 e. The van der Waals surface area contributed by atoms with Gasteiger partial charge in [-0.05, 0) is 18.9 Å². The number of aryl methyl sites for hydroxylation is 1. The minimum Gasteiger partial charge on any atom is -0.314 e. The van der Waals surface area contributed by atoms with Gasteiger partial charge in [0, 0.05) is 43.4 Å². The predicted octanol–water partition coefficient (Wildman–Crippen LogP) is 5.71. The van der Waals surface area contributed by atoms with Gasteiger partial charge >= 0.3 is 0 Å². The van der Waals surface area contributed by atoms with Gasteiger partial charge in [-0.15, -0.1) is 10.2 Å². The lowest BCUT2D eigenvalue weighted by molar-refractivity contribution is 0.614. The second-order valence-electron chi connectivity index (χ2n) is 7.24. The highest BCUT2D eigenvalue weighted by Crippen LogP contribution is 2.18. The van der Waals surface area contributed by atoms with E-state index in [4.69, 9.17) is 0 Å². The zero-order valence-electron chi connectivity index (χ0n) is 17.3. The van der Waals surface area contributed by atoms with E-state index in [0.29, 0.717) is 0 Å². The van der Waals surface area contributed by atoms with Crippen LogP contribution in [0.15, 0.2) is 18.5 Å². The predicted molar refractivity (Wildman–Crippen MR) is 112 cm³/mol. The highest BCUT2D eigenvalue weighted by atomic mass is 15.3. The molecule has 146 valence electrons. The van der Waals surface area contributed by atoms with Crippen molar-refractivity contribution in [1.82, 2.24) is 19.7 Å². The molecule has 2 aromatic heterocycles. The zero-order chi connectivity index (χ0) is 19.3. The molecule has 0 atom stereocenters. The quantitative estimate of drug-likeness (QED) is 0.378. The Balaban J connectivity index is 1.95. The molecule has 0 aliphatic rings. The Morgan fingerprint density at radius 3 is 2.41 bits per heavy atom. The van der Waals surface area contributed by atoms with Crippen molar-refractivity contribution in [3.63, 3.8) is 0 Å². The zero-order valence-corrected chi connectivity index (χ0v) is 17.3. The van der Waals surface area contributed by atoms with Crippen molar-refractivity contribution in [2.24, 2.45) is 7.05 Å². The van der Waals surface area contributed by atoms with Gasteiger partial charge < -0.3 is 4.57 Å². The van der Waals surface area contributed by atoms with E-state index in [1.807, 2.05) is 19.4 Å². The van der Waals surface area contributed by atoms with E-state index in [1.54, 1.807) is 0 Å². The standard InChI is InChI=1S/C23H34N4/c1-4-6-8-10-12-13-15-20-17-21(19-24-18-20)23-26-25-22(27(23)3)16-14-11-9-7-5-2/h17-19H,4-12,14,16H2,1-3H3. The third-order valence-corrected chi connectivity index (χ3v) is 4.85. The molecule has 0 spiro atoms. The summed E-state index contributed by atoms with van der Waals surface area (Å²) < 4.78 is 2.10. The summed E-state index contributed by atoms with van der Waals surface area (Å²) in [7, 11) is 2.04. The van der Waals surface area contributed by atoms with Crippen LogP contribution in [0.2, 0.25) is 0 Å². The SMILES string of the molecule is CCCCCCC#Cc1cncc(-c2nnc(CCCCCCC)n2C)c1. The van der Waals surface area contributed by atoms with Crippen LogP contribution in [0.1, 0.15) is 89.4 Å². The van der Waals surface area contributed by atoms with Crippen molar-refractivity contribution in [2.45, 2.75) is 84.5 Å². The van der Waals surface area contributed by atoms with Gasteiger partial charge in [0.05, 0.1) is 0 Å². The van der Waals surface area contributed by atoms with E-state index in [9.17, 15) is 0 Å². The van der Waals surface area contributed by atoms with Crippen LogP contribution in [0.4, 0.5) is 0 Å². The molecular weight excluding hydrogens is 332 g/mol. The van der Waals surface area contributed by atoms with Gasteiger partial charge in [-0.3, -0.25) is 4.98 Å². The molecule has 0 bridgehead atoms. The van der Waals surface area contributed by atoms with Crippen molar-refractivity contribution in [3.8, 4) is 23.2 Å². The fraction of sp³-hybridized carbons (Fsp3) is 0.609. The van der Waals surface area contributed by atoms with Crippen LogP contribution in [0, 0.1) is 11.8 Å². The molecular formula is C23H34N4. The molecule has 0 unspecified atom stereocenters. The molecule has 2 heterocycles. The van der Waals surface area contributed by atoms with Crippen molar-refractivity contribution in [3.05, 3.63) is 29.8 Å². The van der Waals surface area contributed by atoms with E-state index in [1.165, 1.54) is 57.8 Å². The molecule has 0 aliphatic heterocycles. The van der Waals surface area contributed by atoms with Gasteiger partial charge in [-0.1, -0.05) is 70.6 Å². The molecule has 0 aliphatic carbocycles. The fourth-order valence-electron chi connectivity index (χ4n) is 3.15. The lowest BCUT2D eigenvalue weighted by Crippen LogP contribution is -2.00. The van der Waals surface area contributed by atoms with Crippen LogP contribution in [-0.4, -0.2) is 19.7 Å². The third kappa shape index (κ3) is 7.17. The van der Waals surface area contributed by atoms with Crippen molar-refractivity contribution < 1.29 is 0 Å². The third-order valence-electron chi connectivity index (χ3n) is 4.85. The number of hydrogen-bond donors (Lipinski definition) is 0. The van der Waals surface area contributed by atoms with Gasteiger partial charge in [0.25, 0.3) is 0 Å². The van der Waals surface area contributed by atoms with Gasteiger partial charge in [0.15, 0.2) is 5.82 Å². The Bertz CT molecular complexity index is 736. The molecule has 0 radical (unpaired) electrons. The highest BCUT2D eigenvalue weighted by molar-refractivity contribution is 5.57.